The average Bonchev–Trinajstić information content (AvgIpc) is 2.92. The maximum absolute atomic E-state index is 8.65. The number of benzene rings is 1. The third kappa shape index (κ3) is 4.01. The molecule has 0 saturated heterocycles. The Balaban J connectivity index is 2.00. The first kappa shape index (κ1) is 14.9. The highest BCUT2D eigenvalue weighted by Gasteiger charge is 2.03. The number of halogens is 1. The van der Waals surface area contributed by atoms with E-state index in [0.717, 1.165) is 32.5 Å². The van der Waals surface area contributed by atoms with Crippen molar-refractivity contribution in [1.82, 2.24) is 0 Å². The van der Waals surface area contributed by atoms with Crippen molar-refractivity contribution >= 4 is 22.9 Å². The minimum atomic E-state index is -0.117. The Labute approximate surface area is 128 Å². The van der Waals surface area contributed by atoms with E-state index in [-0.39, 0.29) is 6.61 Å². The van der Waals surface area contributed by atoms with Crippen LogP contribution in [0.3, 0.4) is 0 Å². The van der Waals surface area contributed by atoms with Crippen LogP contribution in [0, 0.1) is 11.8 Å². The maximum Gasteiger partial charge on any atom is 0.122 e. The zero-order chi connectivity index (χ0) is 14.4. The van der Waals surface area contributed by atoms with Gasteiger partial charge in [0, 0.05) is 9.90 Å². The lowest BCUT2D eigenvalue weighted by atomic mass is 10.1. The van der Waals surface area contributed by atoms with Crippen LogP contribution in [0.4, 0.5) is 0 Å². The summed E-state index contributed by atoms with van der Waals surface area (Å²) in [4.78, 5) is 2.03. The molecule has 0 radical (unpaired) electrons. The van der Waals surface area contributed by atoms with E-state index in [9.17, 15) is 0 Å². The fourth-order valence-corrected chi connectivity index (χ4v) is 2.76. The van der Waals surface area contributed by atoms with Gasteiger partial charge in [-0.25, -0.2) is 0 Å². The van der Waals surface area contributed by atoms with Gasteiger partial charge < -0.3 is 9.84 Å². The lowest BCUT2D eigenvalue weighted by Gasteiger charge is -2.07. The Morgan fingerprint density at radius 1 is 1.30 bits per heavy atom. The van der Waals surface area contributed by atoms with Crippen molar-refractivity contribution in [3.63, 3.8) is 0 Å². The molecule has 0 fully saturated rings. The predicted octanol–water partition coefficient (Wildman–Crippen LogP) is 3.89. The summed E-state index contributed by atoms with van der Waals surface area (Å²) in [6.45, 7) is 2.46. The number of ether oxygens (including phenoxy) is 1. The van der Waals surface area contributed by atoms with Gasteiger partial charge in [-0.15, -0.1) is 11.3 Å². The molecule has 2 rings (SSSR count). The first-order valence-electron chi connectivity index (χ1n) is 6.32. The monoisotopic (exact) mass is 306 g/mol. The molecule has 0 bridgehead atoms. The Bertz CT molecular complexity index is 637. The van der Waals surface area contributed by atoms with Gasteiger partial charge in [-0.2, -0.15) is 0 Å². The van der Waals surface area contributed by atoms with Gasteiger partial charge in [-0.3, -0.25) is 0 Å². The fraction of sp³-hybridized carbons (Fsp3) is 0.250. The molecule has 0 atom stereocenters. The molecule has 20 heavy (non-hydrogen) atoms. The summed E-state index contributed by atoms with van der Waals surface area (Å²) in [5.74, 6) is 6.34. The van der Waals surface area contributed by atoms with Gasteiger partial charge in [0.1, 0.15) is 19.0 Å². The van der Waals surface area contributed by atoms with Crippen LogP contribution < -0.4 is 4.74 Å². The van der Waals surface area contributed by atoms with E-state index in [4.69, 9.17) is 21.4 Å². The standard InChI is InChI=1S/C16H15ClO2S/c1-2-12-10-13(5-8-16(12)17)19-11-15-7-6-14(20-15)4-3-9-18/h5-8,10,18H,2,9,11H2,1H3. The maximum atomic E-state index is 8.65. The number of aryl methyl sites for hydroxylation is 1. The largest absolute Gasteiger partial charge is 0.488 e. The highest BCUT2D eigenvalue weighted by Crippen LogP contribution is 2.24. The van der Waals surface area contributed by atoms with Crippen LogP contribution in [0.25, 0.3) is 0 Å². The number of thiophene rings is 1. The first-order valence-corrected chi connectivity index (χ1v) is 7.52. The summed E-state index contributed by atoms with van der Waals surface area (Å²) in [5, 5.41) is 9.43. The highest BCUT2D eigenvalue weighted by atomic mass is 35.5. The highest BCUT2D eigenvalue weighted by molar-refractivity contribution is 7.12. The molecule has 0 aliphatic heterocycles. The predicted molar refractivity (Wildman–Crippen MR) is 83.4 cm³/mol. The first-order chi connectivity index (χ1) is 9.72. The van der Waals surface area contributed by atoms with Crippen molar-refractivity contribution in [3.05, 3.63) is 50.7 Å². The Kier molecular flexibility index (Phi) is 5.49. The van der Waals surface area contributed by atoms with Crippen molar-refractivity contribution in [2.45, 2.75) is 20.0 Å². The molecule has 0 aliphatic carbocycles. The third-order valence-electron chi connectivity index (χ3n) is 2.73. The SMILES string of the molecule is CCc1cc(OCc2ccc(C#CCO)s2)ccc1Cl. The van der Waals surface area contributed by atoms with Crippen LogP contribution in [-0.4, -0.2) is 11.7 Å². The normalized spacial score (nSPS) is 9.95. The molecule has 0 spiro atoms. The van der Waals surface area contributed by atoms with Crippen LogP contribution >= 0.6 is 22.9 Å². The van der Waals surface area contributed by atoms with Crippen LogP contribution in [0.1, 0.15) is 22.2 Å². The molecule has 4 heteroatoms. The molecule has 1 aromatic heterocycles. The minimum Gasteiger partial charge on any atom is -0.488 e. The number of hydrogen-bond acceptors (Lipinski definition) is 3. The second-order valence-corrected chi connectivity index (χ2v) is 5.70. The molecule has 1 N–H and O–H groups in total. The Morgan fingerprint density at radius 2 is 2.15 bits per heavy atom. The number of aliphatic hydroxyl groups excluding tert-OH is 1. The van der Waals surface area contributed by atoms with Crippen molar-refractivity contribution in [3.8, 4) is 17.6 Å². The molecule has 0 unspecified atom stereocenters. The van der Waals surface area contributed by atoms with E-state index in [2.05, 4.69) is 18.8 Å². The van der Waals surface area contributed by atoms with Crippen molar-refractivity contribution in [2.24, 2.45) is 0 Å². The molecular formula is C16H15ClO2S. The van der Waals surface area contributed by atoms with Gasteiger partial charge in [0.25, 0.3) is 0 Å². The summed E-state index contributed by atoms with van der Waals surface area (Å²) >= 11 is 7.65. The van der Waals surface area contributed by atoms with Gasteiger partial charge in [0.05, 0.1) is 4.88 Å². The summed E-state index contributed by atoms with van der Waals surface area (Å²) < 4.78 is 5.76. The number of rotatable bonds is 4. The Morgan fingerprint density at radius 3 is 2.90 bits per heavy atom. The van der Waals surface area contributed by atoms with Gasteiger partial charge in [-0.05, 0) is 42.3 Å². The number of hydrogen-bond donors (Lipinski definition) is 1. The molecule has 0 amide bonds. The van der Waals surface area contributed by atoms with E-state index in [1.165, 1.54) is 0 Å². The van der Waals surface area contributed by atoms with Crippen LogP contribution in [0.2, 0.25) is 5.02 Å². The quantitative estimate of drug-likeness (QED) is 0.869. The summed E-state index contributed by atoms with van der Waals surface area (Å²) in [5.41, 5.74) is 1.09. The second kappa shape index (κ2) is 7.35. The van der Waals surface area contributed by atoms with E-state index in [1.807, 2.05) is 30.3 Å². The van der Waals surface area contributed by atoms with E-state index < -0.39 is 0 Å². The van der Waals surface area contributed by atoms with Gasteiger partial charge in [0.15, 0.2) is 0 Å². The molecule has 0 saturated carbocycles. The third-order valence-corrected chi connectivity index (χ3v) is 4.07. The average molecular weight is 307 g/mol. The zero-order valence-electron chi connectivity index (χ0n) is 11.1. The summed E-state index contributed by atoms with van der Waals surface area (Å²) in [6, 6.07) is 9.64. The van der Waals surface area contributed by atoms with Gasteiger partial charge >= 0.3 is 0 Å². The summed E-state index contributed by atoms with van der Waals surface area (Å²) in [7, 11) is 0. The molecule has 2 aromatic rings. The fourth-order valence-electron chi connectivity index (χ4n) is 1.72. The molecular weight excluding hydrogens is 292 g/mol. The smallest absolute Gasteiger partial charge is 0.122 e. The molecule has 2 nitrogen and oxygen atoms in total. The van der Waals surface area contributed by atoms with E-state index in [0.29, 0.717) is 6.61 Å². The van der Waals surface area contributed by atoms with Gasteiger partial charge in [0.2, 0.25) is 0 Å². The molecule has 104 valence electrons. The van der Waals surface area contributed by atoms with Crippen molar-refractivity contribution in [1.29, 1.82) is 0 Å². The Hall–Kier alpha value is -1.47. The van der Waals surface area contributed by atoms with Crippen LogP contribution in [0.15, 0.2) is 30.3 Å². The van der Waals surface area contributed by atoms with Crippen molar-refractivity contribution in [2.75, 3.05) is 6.61 Å². The zero-order valence-corrected chi connectivity index (χ0v) is 12.7. The summed E-state index contributed by atoms with van der Waals surface area (Å²) in [6.07, 6.45) is 0.885. The van der Waals surface area contributed by atoms with E-state index >= 15 is 0 Å². The van der Waals surface area contributed by atoms with Crippen molar-refractivity contribution < 1.29 is 9.84 Å². The van der Waals surface area contributed by atoms with Crippen LogP contribution in [0.5, 0.6) is 5.75 Å². The van der Waals surface area contributed by atoms with Crippen LogP contribution in [-0.2, 0) is 13.0 Å². The topological polar surface area (TPSA) is 29.5 Å². The lowest BCUT2D eigenvalue weighted by molar-refractivity contribution is 0.309. The van der Waals surface area contributed by atoms with Gasteiger partial charge in [-0.1, -0.05) is 30.4 Å². The molecule has 1 heterocycles. The van der Waals surface area contributed by atoms with E-state index in [1.54, 1.807) is 11.3 Å². The lowest BCUT2D eigenvalue weighted by Crippen LogP contribution is -1.94. The minimum absolute atomic E-state index is 0.117. The second-order valence-electron chi connectivity index (χ2n) is 4.12. The molecule has 0 aliphatic rings. The molecule has 1 aromatic carbocycles. The number of aliphatic hydroxyl groups is 1.